The summed E-state index contributed by atoms with van der Waals surface area (Å²) in [6.45, 7) is 0. The molecule has 1 nitrogen and oxygen atoms in total. The first-order chi connectivity index (χ1) is 5.93. The first-order valence-electron chi connectivity index (χ1n) is 5.20. The predicted molar refractivity (Wildman–Crippen MR) is 51.5 cm³/mol. The number of thioether (sulfide) groups is 1. The molecular weight excluding hydrogens is 168 g/mol. The van der Waals surface area contributed by atoms with Gasteiger partial charge in [0.25, 0.3) is 0 Å². The first-order valence-corrected chi connectivity index (χ1v) is 6.25. The molecule has 2 heteroatoms. The van der Waals surface area contributed by atoms with Gasteiger partial charge in [-0.05, 0) is 43.8 Å². The third-order valence-electron chi connectivity index (χ3n) is 3.60. The van der Waals surface area contributed by atoms with Gasteiger partial charge in [-0.15, -0.1) is 0 Å². The molecule has 0 aromatic rings. The second-order valence-electron chi connectivity index (χ2n) is 4.32. The van der Waals surface area contributed by atoms with Gasteiger partial charge < -0.3 is 4.74 Å². The highest BCUT2D eigenvalue weighted by Gasteiger charge is 2.44. The summed E-state index contributed by atoms with van der Waals surface area (Å²) < 4.78 is 5.88. The Morgan fingerprint density at radius 3 is 2.75 bits per heavy atom. The molecule has 3 aliphatic heterocycles. The number of ether oxygens (including phenoxy) is 1. The van der Waals surface area contributed by atoms with Crippen LogP contribution in [0.5, 0.6) is 0 Å². The van der Waals surface area contributed by atoms with Gasteiger partial charge in [-0.3, -0.25) is 0 Å². The lowest BCUT2D eigenvalue weighted by molar-refractivity contribution is 0.0921. The molecule has 0 aromatic carbocycles. The highest BCUT2D eigenvalue weighted by molar-refractivity contribution is 8.00. The van der Waals surface area contributed by atoms with E-state index in [1.165, 1.54) is 37.9 Å². The molecule has 3 saturated heterocycles. The molecule has 3 aliphatic rings. The van der Waals surface area contributed by atoms with Gasteiger partial charge in [-0.1, -0.05) is 0 Å². The van der Waals surface area contributed by atoms with Crippen molar-refractivity contribution < 1.29 is 4.74 Å². The van der Waals surface area contributed by atoms with Crippen LogP contribution in [0, 0.1) is 5.92 Å². The summed E-state index contributed by atoms with van der Waals surface area (Å²) in [6, 6.07) is 0. The van der Waals surface area contributed by atoms with Crippen molar-refractivity contribution in [2.75, 3.05) is 5.75 Å². The minimum Gasteiger partial charge on any atom is -0.375 e. The van der Waals surface area contributed by atoms with Crippen molar-refractivity contribution >= 4 is 11.8 Å². The molecule has 4 unspecified atom stereocenters. The molecule has 3 fully saturated rings. The van der Waals surface area contributed by atoms with Crippen LogP contribution in [0.4, 0.5) is 0 Å². The smallest absolute Gasteiger partial charge is 0.0619 e. The van der Waals surface area contributed by atoms with Gasteiger partial charge in [-0.2, -0.15) is 11.8 Å². The zero-order valence-corrected chi connectivity index (χ0v) is 8.19. The maximum Gasteiger partial charge on any atom is 0.0619 e. The topological polar surface area (TPSA) is 9.23 Å². The fourth-order valence-corrected chi connectivity index (χ4v) is 4.51. The summed E-state index contributed by atoms with van der Waals surface area (Å²) in [4.78, 5) is 0. The normalized spacial score (nSPS) is 52.0. The Hall–Kier alpha value is 0.310. The fourth-order valence-electron chi connectivity index (χ4n) is 3.01. The summed E-state index contributed by atoms with van der Waals surface area (Å²) >= 11 is 2.20. The Bertz CT molecular complexity index is 177. The van der Waals surface area contributed by atoms with E-state index in [2.05, 4.69) is 11.8 Å². The van der Waals surface area contributed by atoms with Gasteiger partial charge in [0.2, 0.25) is 0 Å². The van der Waals surface area contributed by atoms with E-state index in [0.717, 1.165) is 11.2 Å². The van der Waals surface area contributed by atoms with E-state index in [1.807, 2.05) is 0 Å². The van der Waals surface area contributed by atoms with Gasteiger partial charge in [0.15, 0.2) is 0 Å². The van der Waals surface area contributed by atoms with Crippen molar-refractivity contribution in [2.45, 2.75) is 49.6 Å². The van der Waals surface area contributed by atoms with Crippen LogP contribution in [0.2, 0.25) is 0 Å². The fraction of sp³-hybridized carbons (Fsp3) is 1.00. The lowest BCUT2D eigenvalue weighted by Crippen LogP contribution is -2.25. The molecule has 3 rings (SSSR count). The maximum atomic E-state index is 5.88. The van der Waals surface area contributed by atoms with Crippen LogP contribution in [0.25, 0.3) is 0 Å². The van der Waals surface area contributed by atoms with Gasteiger partial charge in [0.05, 0.1) is 12.2 Å². The molecule has 68 valence electrons. The number of fused-ring (bicyclic) bond motifs is 2. The highest BCUT2D eigenvalue weighted by atomic mass is 32.2. The Kier molecular flexibility index (Phi) is 1.87. The molecule has 0 aromatic heterocycles. The summed E-state index contributed by atoms with van der Waals surface area (Å²) in [6.07, 6.45) is 8.30. The molecule has 0 radical (unpaired) electrons. The largest absolute Gasteiger partial charge is 0.375 e. The number of rotatable bonds is 1. The Labute approximate surface area is 78.2 Å². The average molecular weight is 184 g/mol. The van der Waals surface area contributed by atoms with Gasteiger partial charge in [0, 0.05) is 5.25 Å². The molecule has 3 heterocycles. The summed E-state index contributed by atoms with van der Waals surface area (Å²) in [5, 5.41) is 0.959. The van der Waals surface area contributed by atoms with Crippen molar-refractivity contribution in [3.8, 4) is 0 Å². The SMILES string of the molecule is C1CSC(C2CC3CCC2O3)C1. The molecule has 0 aliphatic carbocycles. The zero-order valence-electron chi connectivity index (χ0n) is 7.37. The zero-order chi connectivity index (χ0) is 7.97. The van der Waals surface area contributed by atoms with Gasteiger partial charge >= 0.3 is 0 Å². The van der Waals surface area contributed by atoms with E-state index in [0.29, 0.717) is 12.2 Å². The van der Waals surface area contributed by atoms with Gasteiger partial charge in [0.1, 0.15) is 0 Å². The van der Waals surface area contributed by atoms with Crippen LogP contribution in [0.1, 0.15) is 32.1 Å². The van der Waals surface area contributed by atoms with Gasteiger partial charge in [-0.25, -0.2) is 0 Å². The van der Waals surface area contributed by atoms with Crippen LogP contribution in [0.3, 0.4) is 0 Å². The van der Waals surface area contributed by atoms with Crippen molar-refractivity contribution in [1.82, 2.24) is 0 Å². The molecular formula is C10H16OS. The molecule has 0 saturated carbocycles. The van der Waals surface area contributed by atoms with Crippen LogP contribution in [-0.2, 0) is 4.74 Å². The molecule has 12 heavy (non-hydrogen) atoms. The van der Waals surface area contributed by atoms with E-state index >= 15 is 0 Å². The van der Waals surface area contributed by atoms with E-state index in [-0.39, 0.29) is 0 Å². The first kappa shape index (κ1) is 7.69. The third-order valence-corrected chi connectivity index (χ3v) is 5.13. The summed E-state index contributed by atoms with van der Waals surface area (Å²) in [5.41, 5.74) is 0. The minimum absolute atomic E-state index is 0.654. The van der Waals surface area contributed by atoms with E-state index in [1.54, 1.807) is 0 Å². The van der Waals surface area contributed by atoms with Crippen molar-refractivity contribution in [2.24, 2.45) is 5.92 Å². The predicted octanol–water partition coefficient (Wildman–Crippen LogP) is 2.45. The quantitative estimate of drug-likeness (QED) is 0.619. The van der Waals surface area contributed by atoms with Crippen LogP contribution in [-0.4, -0.2) is 23.2 Å². The second-order valence-corrected chi connectivity index (χ2v) is 5.67. The van der Waals surface area contributed by atoms with Crippen molar-refractivity contribution in [3.63, 3.8) is 0 Å². The van der Waals surface area contributed by atoms with Crippen LogP contribution in [0.15, 0.2) is 0 Å². The minimum atomic E-state index is 0.654. The highest BCUT2D eigenvalue weighted by Crippen LogP contribution is 2.46. The summed E-state index contributed by atoms with van der Waals surface area (Å²) in [7, 11) is 0. The molecule has 0 amide bonds. The average Bonchev–Trinajstić information content (AvgIpc) is 2.81. The van der Waals surface area contributed by atoms with Crippen molar-refractivity contribution in [1.29, 1.82) is 0 Å². The van der Waals surface area contributed by atoms with Crippen LogP contribution < -0.4 is 0 Å². The number of hydrogen-bond donors (Lipinski definition) is 0. The van der Waals surface area contributed by atoms with Crippen LogP contribution >= 0.6 is 11.8 Å². The standard InChI is InChI=1S/C10H16OS/c1-2-10(12-5-1)8-6-7-3-4-9(8)11-7/h7-10H,1-6H2. The Morgan fingerprint density at radius 2 is 2.17 bits per heavy atom. The third kappa shape index (κ3) is 1.12. The van der Waals surface area contributed by atoms with E-state index in [9.17, 15) is 0 Å². The lowest BCUT2D eigenvalue weighted by atomic mass is 9.85. The van der Waals surface area contributed by atoms with E-state index < -0.39 is 0 Å². The maximum absolute atomic E-state index is 5.88. The lowest BCUT2D eigenvalue weighted by Gasteiger charge is -2.23. The second kappa shape index (κ2) is 2.91. The Balaban J connectivity index is 1.69. The Morgan fingerprint density at radius 1 is 1.17 bits per heavy atom. The molecule has 0 spiro atoms. The molecule has 2 bridgehead atoms. The molecule has 0 N–H and O–H groups in total. The monoisotopic (exact) mass is 184 g/mol. The molecule has 4 atom stereocenters. The number of hydrogen-bond acceptors (Lipinski definition) is 2. The summed E-state index contributed by atoms with van der Waals surface area (Å²) in [5.74, 6) is 2.33. The van der Waals surface area contributed by atoms with Crippen molar-refractivity contribution in [3.05, 3.63) is 0 Å². The van der Waals surface area contributed by atoms with E-state index in [4.69, 9.17) is 4.74 Å².